The third-order valence-electron chi connectivity index (χ3n) is 1.52. The van der Waals surface area contributed by atoms with Crippen LogP contribution in [0.4, 0.5) is 0 Å². The van der Waals surface area contributed by atoms with E-state index in [1.54, 1.807) is 6.92 Å². The summed E-state index contributed by atoms with van der Waals surface area (Å²) < 4.78 is 3.73. The average molecular weight is 223 g/mol. The van der Waals surface area contributed by atoms with Gasteiger partial charge in [0.2, 0.25) is 6.10 Å². The average Bonchev–Trinajstić information content (AvgIpc) is 2.08. The second-order valence-electron chi connectivity index (χ2n) is 2.63. The molecule has 0 bridgehead atoms. The molecule has 1 aliphatic rings. The van der Waals surface area contributed by atoms with Gasteiger partial charge in [0.1, 0.15) is 4.32 Å². The Morgan fingerprint density at radius 3 is 2.64 bits per heavy atom. The highest BCUT2D eigenvalue weighted by atomic mass is 79.9. The summed E-state index contributed by atoms with van der Waals surface area (Å²) in [5, 5.41) is 8.47. The molecule has 4 nitrogen and oxygen atoms in total. The second-order valence-corrected chi connectivity index (χ2v) is 4.38. The van der Waals surface area contributed by atoms with Gasteiger partial charge in [-0.1, -0.05) is 15.9 Å². The summed E-state index contributed by atoms with van der Waals surface area (Å²) in [6.45, 7) is 1.60. The van der Waals surface area contributed by atoms with Crippen molar-refractivity contribution in [3.8, 4) is 0 Å². The van der Waals surface area contributed by atoms with Gasteiger partial charge in [-0.05, 0) is 6.92 Å². The van der Waals surface area contributed by atoms with Gasteiger partial charge in [-0.3, -0.25) is 4.79 Å². The molecule has 62 valence electrons. The van der Waals surface area contributed by atoms with Gasteiger partial charge in [0.15, 0.2) is 0 Å². The maximum absolute atomic E-state index is 10.9. The van der Waals surface area contributed by atoms with Crippen LogP contribution in [0.1, 0.15) is 13.3 Å². The number of carbonyl (C=O) groups excluding carboxylic acids is 1. The summed E-state index contributed by atoms with van der Waals surface area (Å²) in [6, 6.07) is 0. The number of hydrogen-bond donors (Lipinski definition) is 1. The number of carboxylic acids is 1. The lowest BCUT2D eigenvalue weighted by Crippen LogP contribution is -2.21. The lowest BCUT2D eigenvalue weighted by molar-refractivity contribution is -0.157. The van der Waals surface area contributed by atoms with E-state index in [0.29, 0.717) is 0 Å². The van der Waals surface area contributed by atoms with Gasteiger partial charge in [0, 0.05) is 6.42 Å². The molecule has 0 aromatic heterocycles. The normalized spacial score (nSPS) is 36.9. The first-order chi connectivity index (χ1) is 4.93. The highest BCUT2D eigenvalue weighted by Crippen LogP contribution is 2.33. The van der Waals surface area contributed by atoms with Crippen molar-refractivity contribution in [2.45, 2.75) is 23.8 Å². The molecule has 1 heterocycles. The van der Waals surface area contributed by atoms with E-state index in [1.807, 2.05) is 0 Å². The predicted molar refractivity (Wildman–Crippen MR) is 39.5 cm³/mol. The van der Waals surface area contributed by atoms with Crippen molar-refractivity contribution in [2.24, 2.45) is 0 Å². The van der Waals surface area contributed by atoms with E-state index >= 15 is 0 Å². The Morgan fingerprint density at radius 1 is 1.91 bits per heavy atom. The highest BCUT2D eigenvalue weighted by Gasteiger charge is 2.46. The van der Waals surface area contributed by atoms with Crippen LogP contribution in [0.3, 0.4) is 0 Å². The van der Waals surface area contributed by atoms with Gasteiger partial charge in [-0.25, -0.2) is 4.79 Å². The van der Waals surface area contributed by atoms with Crippen LogP contribution in [0, 0.1) is 0 Å². The van der Waals surface area contributed by atoms with Crippen molar-refractivity contribution in [1.29, 1.82) is 0 Å². The number of halogens is 1. The largest absolute Gasteiger partial charge is 0.479 e. The van der Waals surface area contributed by atoms with Gasteiger partial charge < -0.3 is 9.84 Å². The van der Waals surface area contributed by atoms with Crippen LogP contribution in [0.15, 0.2) is 0 Å². The smallest absolute Gasteiger partial charge is 0.345 e. The molecule has 0 saturated carbocycles. The van der Waals surface area contributed by atoms with E-state index in [2.05, 4.69) is 20.7 Å². The minimum atomic E-state index is -1.10. The Hall–Kier alpha value is -0.580. The molecule has 0 spiro atoms. The summed E-state index contributed by atoms with van der Waals surface area (Å²) in [6.07, 6.45) is -0.812. The molecular weight excluding hydrogens is 216 g/mol. The monoisotopic (exact) mass is 222 g/mol. The van der Waals surface area contributed by atoms with Crippen LogP contribution in [-0.4, -0.2) is 27.5 Å². The minimum Gasteiger partial charge on any atom is -0.479 e. The lowest BCUT2D eigenvalue weighted by Gasteiger charge is -2.05. The third-order valence-corrected chi connectivity index (χ3v) is 2.17. The maximum atomic E-state index is 10.9. The molecule has 0 amide bonds. The molecule has 2 atom stereocenters. The van der Waals surface area contributed by atoms with E-state index < -0.39 is 22.4 Å². The van der Waals surface area contributed by atoms with E-state index in [4.69, 9.17) is 5.11 Å². The number of cyclic esters (lactones) is 1. The summed E-state index contributed by atoms with van der Waals surface area (Å²) in [5.74, 6) is -1.61. The van der Waals surface area contributed by atoms with Crippen molar-refractivity contribution in [1.82, 2.24) is 0 Å². The standard InChI is InChI=1S/C6H7BrO4/c1-6(7)2-3(4(8)9)11-5(6)10/h3H,2H2,1H3,(H,8,9). The summed E-state index contributed by atoms with van der Waals surface area (Å²) >= 11 is 3.08. The third kappa shape index (κ3) is 1.53. The molecule has 0 aliphatic carbocycles. The minimum absolute atomic E-state index is 0.182. The molecular formula is C6H7BrO4. The first-order valence-corrected chi connectivity index (χ1v) is 3.85. The summed E-state index contributed by atoms with van der Waals surface area (Å²) in [7, 11) is 0. The van der Waals surface area contributed by atoms with Crippen LogP contribution in [-0.2, 0) is 14.3 Å². The SMILES string of the molecule is CC1(Br)CC(C(=O)O)OC1=O. The summed E-state index contributed by atoms with van der Waals surface area (Å²) in [4.78, 5) is 21.2. The van der Waals surface area contributed by atoms with Crippen molar-refractivity contribution < 1.29 is 19.4 Å². The van der Waals surface area contributed by atoms with E-state index in [9.17, 15) is 9.59 Å². The molecule has 0 radical (unpaired) electrons. The second kappa shape index (κ2) is 2.48. The van der Waals surface area contributed by atoms with Crippen LogP contribution in [0.25, 0.3) is 0 Å². The molecule has 0 aromatic carbocycles. The number of ether oxygens (including phenoxy) is 1. The van der Waals surface area contributed by atoms with E-state index in [1.165, 1.54) is 0 Å². The number of carbonyl (C=O) groups is 2. The fraction of sp³-hybridized carbons (Fsp3) is 0.667. The van der Waals surface area contributed by atoms with Gasteiger partial charge in [0.05, 0.1) is 0 Å². The van der Waals surface area contributed by atoms with Gasteiger partial charge >= 0.3 is 11.9 Å². The zero-order valence-electron chi connectivity index (χ0n) is 5.83. The molecule has 1 aliphatic heterocycles. The van der Waals surface area contributed by atoms with E-state index in [0.717, 1.165) is 0 Å². The van der Waals surface area contributed by atoms with Crippen molar-refractivity contribution in [2.75, 3.05) is 0 Å². The van der Waals surface area contributed by atoms with Crippen LogP contribution in [0.2, 0.25) is 0 Å². The number of rotatable bonds is 1. The first-order valence-electron chi connectivity index (χ1n) is 3.06. The molecule has 1 N–H and O–H groups in total. The molecule has 0 aromatic rings. The number of alkyl halides is 1. The molecule has 1 fully saturated rings. The topological polar surface area (TPSA) is 63.6 Å². The lowest BCUT2D eigenvalue weighted by atomic mass is 10.1. The Balaban J connectivity index is 2.72. The fourth-order valence-corrected chi connectivity index (χ4v) is 1.25. The van der Waals surface area contributed by atoms with Crippen molar-refractivity contribution in [3.05, 3.63) is 0 Å². The van der Waals surface area contributed by atoms with Crippen LogP contribution >= 0.6 is 15.9 Å². The Bertz CT molecular complexity index is 211. The number of hydrogen-bond acceptors (Lipinski definition) is 3. The van der Waals surface area contributed by atoms with Crippen LogP contribution < -0.4 is 0 Å². The van der Waals surface area contributed by atoms with E-state index in [-0.39, 0.29) is 6.42 Å². The Kier molecular flexibility index (Phi) is 1.92. The predicted octanol–water partition coefficient (Wildman–Crippen LogP) is 0.540. The zero-order valence-corrected chi connectivity index (χ0v) is 7.42. The molecule has 5 heteroatoms. The maximum Gasteiger partial charge on any atom is 0.345 e. The van der Waals surface area contributed by atoms with Crippen molar-refractivity contribution in [3.63, 3.8) is 0 Å². The number of carboxylic acid groups (broad SMARTS) is 1. The zero-order chi connectivity index (χ0) is 8.65. The molecule has 1 rings (SSSR count). The molecule has 2 unspecified atom stereocenters. The fourth-order valence-electron chi connectivity index (χ4n) is 0.863. The number of esters is 1. The highest BCUT2D eigenvalue weighted by molar-refractivity contribution is 9.10. The number of aliphatic carboxylic acids is 1. The Labute approximate surface area is 71.7 Å². The summed E-state index contributed by atoms with van der Waals surface area (Å²) in [5.41, 5.74) is 0. The molecule has 11 heavy (non-hydrogen) atoms. The molecule has 1 saturated heterocycles. The Morgan fingerprint density at radius 2 is 2.45 bits per heavy atom. The quantitative estimate of drug-likeness (QED) is 0.520. The van der Waals surface area contributed by atoms with Gasteiger partial charge in [-0.15, -0.1) is 0 Å². The van der Waals surface area contributed by atoms with Gasteiger partial charge in [-0.2, -0.15) is 0 Å². The van der Waals surface area contributed by atoms with Crippen LogP contribution in [0.5, 0.6) is 0 Å². The first kappa shape index (κ1) is 8.52. The van der Waals surface area contributed by atoms with Crippen molar-refractivity contribution >= 4 is 27.9 Å². The van der Waals surface area contributed by atoms with Gasteiger partial charge in [0.25, 0.3) is 0 Å².